The summed E-state index contributed by atoms with van der Waals surface area (Å²) in [4.78, 5) is 28.4. The fourth-order valence-corrected chi connectivity index (χ4v) is 3.95. The Morgan fingerprint density at radius 2 is 1.85 bits per heavy atom. The van der Waals surface area contributed by atoms with Crippen molar-refractivity contribution in [2.45, 2.75) is 18.9 Å². The van der Waals surface area contributed by atoms with E-state index in [9.17, 15) is 9.59 Å². The van der Waals surface area contributed by atoms with Crippen LogP contribution in [0.3, 0.4) is 0 Å². The zero-order valence-electron chi connectivity index (χ0n) is 14.3. The van der Waals surface area contributed by atoms with E-state index in [4.69, 9.17) is 16.0 Å². The van der Waals surface area contributed by atoms with Gasteiger partial charge in [0.05, 0.1) is 12.3 Å². The van der Waals surface area contributed by atoms with Gasteiger partial charge in [-0.1, -0.05) is 23.7 Å². The second-order valence-electron chi connectivity index (χ2n) is 6.60. The lowest BCUT2D eigenvalue weighted by Crippen LogP contribution is -2.53. The summed E-state index contributed by atoms with van der Waals surface area (Å²) >= 11 is 6.24. The van der Waals surface area contributed by atoms with Gasteiger partial charge in [0.2, 0.25) is 0 Å². The second-order valence-corrected chi connectivity index (χ2v) is 7.01. The van der Waals surface area contributed by atoms with Gasteiger partial charge in [0.15, 0.2) is 5.76 Å². The molecule has 1 aromatic carbocycles. The van der Waals surface area contributed by atoms with Gasteiger partial charge in [0.25, 0.3) is 5.91 Å². The highest BCUT2D eigenvalue weighted by Gasteiger charge is 2.30. The van der Waals surface area contributed by atoms with Crippen molar-refractivity contribution < 1.29 is 14.0 Å². The molecular weight excluding hydrogens is 354 g/mol. The third-order valence-corrected chi connectivity index (χ3v) is 5.45. The molecule has 4 rings (SSSR count). The molecule has 2 aromatic rings. The molecule has 0 spiro atoms. The topological polar surface area (TPSA) is 65.8 Å². The minimum Gasteiger partial charge on any atom is -0.459 e. The summed E-state index contributed by atoms with van der Waals surface area (Å²) in [5, 5.41) is 3.88. The SMILES string of the molecule is O=C(NC1CCc2c(Cl)cccc21)N1CCN(C(=O)c2ccco2)CC1. The van der Waals surface area contributed by atoms with Crippen LogP contribution in [0.25, 0.3) is 0 Å². The Morgan fingerprint density at radius 3 is 2.58 bits per heavy atom. The quantitative estimate of drug-likeness (QED) is 0.879. The first kappa shape index (κ1) is 17.0. The Hall–Kier alpha value is -2.47. The monoisotopic (exact) mass is 373 g/mol. The summed E-state index contributed by atoms with van der Waals surface area (Å²) in [6.07, 6.45) is 3.23. The number of benzene rings is 1. The molecule has 0 bridgehead atoms. The van der Waals surface area contributed by atoms with Crippen LogP contribution in [0.1, 0.15) is 34.1 Å². The molecule has 3 amide bonds. The third-order valence-electron chi connectivity index (χ3n) is 5.10. The Bertz CT molecular complexity index is 813. The van der Waals surface area contributed by atoms with Crippen LogP contribution in [0.15, 0.2) is 41.0 Å². The molecule has 0 radical (unpaired) electrons. The average molecular weight is 374 g/mol. The van der Waals surface area contributed by atoms with E-state index in [0.29, 0.717) is 31.9 Å². The van der Waals surface area contributed by atoms with Crippen LogP contribution in [0, 0.1) is 0 Å². The number of furan rings is 1. The highest BCUT2D eigenvalue weighted by Crippen LogP contribution is 2.35. The highest BCUT2D eigenvalue weighted by molar-refractivity contribution is 6.31. The van der Waals surface area contributed by atoms with Crippen LogP contribution >= 0.6 is 11.6 Å². The van der Waals surface area contributed by atoms with Gasteiger partial charge in [0, 0.05) is 31.2 Å². The summed E-state index contributed by atoms with van der Waals surface area (Å²) in [6.45, 7) is 2.01. The van der Waals surface area contributed by atoms with E-state index in [1.807, 2.05) is 18.2 Å². The first-order valence-corrected chi connectivity index (χ1v) is 9.17. The van der Waals surface area contributed by atoms with Crippen molar-refractivity contribution in [2.75, 3.05) is 26.2 Å². The zero-order chi connectivity index (χ0) is 18.1. The van der Waals surface area contributed by atoms with E-state index in [1.54, 1.807) is 21.9 Å². The van der Waals surface area contributed by atoms with Gasteiger partial charge >= 0.3 is 6.03 Å². The first-order valence-electron chi connectivity index (χ1n) is 8.79. The first-order chi connectivity index (χ1) is 12.6. The zero-order valence-corrected chi connectivity index (χ0v) is 15.0. The molecule has 1 saturated heterocycles. The largest absolute Gasteiger partial charge is 0.459 e. The van der Waals surface area contributed by atoms with Gasteiger partial charge < -0.3 is 19.5 Å². The molecule has 2 heterocycles. The number of nitrogens with one attached hydrogen (secondary N) is 1. The van der Waals surface area contributed by atoms with Crippen molar-refractivity contribution in [3.8, 4) is 0 Å². The lowest BCUT2D eigenvalue weighted by atomic mass is 10.1. The van der Waals surface area contributed by atoms with E-state index < -0.39 is 0 Å². The second kappa shape index (κ2) is 7.03. The average Bonchev–Trinajstić information content (AvgIpc) is 3.32. The number of nitrogens with zero attached hydrogens (tertiary/aromatic N) is 2. The number of amides is 3. The summed E-state index contributed by atoms with van der Waals surface area (Å²) in [7, 11) is 0. The van der Waals surface area contributed by atoms with Gasteiger partial charge in [-0.2, -0.15) is 0 Å². The molecule has 1 fully saturated rings. The van der Waals surface area contributed by atoms with E-state index >= 15 is 0 Å². The molecule has 1 atom stereocenters. The van der Waals surface area contributed by atoms with Crippen molar-refractivity contribution in [3.63, 3.8) is 0 Å². The molecule has 26 heavy (non-hydrogen) atoms. The third kappa shape index (κ3) is 3.17. The molecule has 1 aliphatic heterocycles. The maximum atomic E-state index is 12.6. The van der Waals surface area contributed by atoms with Gasteiger partial charge in [0.1, 0.15) is 0 Å². The normalized spacial score (nSPS) is 19.3. The molecular formula is C19H20ClN3O3. The number of carbonyl (C=O) groups is 2. The maximum absolute atomic E-state index is 12.6. The van der Waals surface area contributed by atoms with Crippen LogP contribution in [0.4, 0.5) is 4.79 Å². The number of hydrogen-bond donors (Lipinski definition) is 1. The smallest absolute Gasteiger partial charge is 0.318 e. The molecule has 7 heteroatoms. The number of halogens is 1. The summed E-state index contributed by atoms with van der Waals surface area (Å²) < 4.78 is 5.16. The predicted octanol–water partition coefficient (Wildman–Crippen LogP) is 3.09. The van der Waals surface area contributed by atoms with Gasteiger partial charge in [-0.3, -0.25) is 4.79 Å². The van der Waals surface area contributed by atoms with Gasteiger partial charge in [-0.05, 0) is 42.2 Å². The van der Waals surface area contributed by atoms with E-state index in [-0.39, 0.29) is 18.0 Å². The Balaban J connectivity index is 1.34. The molecule has 1 aromatic heterocycles. The summed E-state index contributed by atoms with van der Waals surface area (Å²) in [5.41, 5.74) is 2.24. The number of rotatable bonds is 2. The Labute approximate surface area is 156 Å². The Morgan fingerprint density at radius 1 is 1.08 bits per heavy atom. The number of hydrogen-bond acceptors (Lipinski definition) is 3. The van der Waals surface area contributed by atoms with Gasteiger partial charge in [-0.25, -0.2) is 4.79 Å². The molecule has 0 saturated carbocycles. The van der Waals surface area contributed by atoms with Crippen molar-refractivity contribution >= 4 is 23.5 Å². The van der Waals surface area contributed by atoms with Crippen LogP contribution in [0.5, 0.6) is 0 Å². The van der Waals surface area contributed by atoms with Gasteiger partial charge in [-0.15, -0.1) is 0 Å². The molecule has 6 nitrogen and oxygen atoms in total. The van der Waals surface area contributed by atoms with Crippen molar-refractivity contribution in [3.05, 3.63) is 58.5 Å². The standard InChI is InChI=1S/C19H20ClN3O3/c20-15-4-1-3-14-13(15)6-7-16(14)21-19(25)23-10-8-22(9-11-23)18(24)17-5-2-12-26-17/h1-5,12,16H,6-11H2,(H,21,25). The van der Waals surface area contributed by atoms with Crippen LogP contribution in [-0.4, -0.2) is 47.9 Å². The van der Waals surface area contributed by atoms with Crippen LogP contribution < -0.4 is 5.32 Å². The van der Waals surface area contributed by atoms with Crippen molar-refractivity contribution in [1.82, 2.24) is 15.1 Å². The van der Waals surface area contributed by atoms with E-state index in [2.05, 4.69) is 5.32 Å². The molecule has 136 valence electrons. The molecule has 1 unspecified atom stereocenters. The van der Waals surface area contributed by atoms with Crippen LogP contribution in [0.2, 0.25) is 5.02 Å². The lowest BCUT2D eigenvalue weighted by Gasteiger charge is -2.35. The molecule has 1 aliphatic carbocycles. The van der Waals surface area contributed by atoms with Crippen molar-refractivity contribution in [1.29, 1.82) is 0 Å². The lowest BCUT2D eigenvalue weighted by molar-refractivity contribution is 0.0632. The molecule has 2 aliphatic rings. The summed E-state index contributed by atoms with van der Waals surface area (Å²) in [6, 6.07) is 9.10. The fourth-order valence-electron chi connectivity index (χ4n) is 3.67. The number of piperazine rings is 1. The van der Waals surface area contributed by atoms with E-state index in [0.717, 1.165) is 29.0 Å². The predicted molar refractivity (Wildman–Crippen MR) is 97.2 cm³/mol. The number of fused-ring (bicyclic) bond motifs is 1. The van der Waals surface area contributed by atoms with Crippen LogP contribution in [-0.2, 0) is 6.42 Å². The number of carbonyl (C=O) groups excluding carboxylic acids is 2. The summed E-state index contributed by atoms with van der Waals surface area (Å²) in [5.74, 6) is 0.205. The Kier molecular flexibility index (Phi) is 4.59. The maximum Gasteiger partial charge on any atom is 0.318 e. The minimum absolute atomic E-state index is 0.000944. The molecule has 1 N–H and O–H groups in total. The fraction of sp³-hybridized carbons (Fsp3) is 0.368. The number of urea groups is 1. The highest BCUT2D eigenvalue weighted by atomic mass is 35.5. The minimum atomic E-state index is -0.130. The van der Waals surface area contributed by atoms with E-state index in [1.165, 1.54) is 6.26 Å². The van der Waals surface area contributed by atoms with Crippen molar-refractivity contribution in [2.24, 2.45) is 0 Å².